The van der Waals surface area contributed by atoms with Crippen LogP contribution in [0.15, 0.2) is 54.6 Å². The van der Waals surface area contributed by atoms with Gasteiger partial charge in [0.2, 0.25) is 0 Å². The van der Waals surface area contributed by atoms with Crippen molar-refractivity contribution in [3.8, 4) is 5.75 Å². The lowest BCUT2D eigenvalue weighted by atomic mass is 10.2. The predicted octanol–water partition coefficient (Wildman–Crippen LogP) is 9.55. The van der Waals surface area contributed by atoms with Gasteiger partial charge in [-0.3, -0.25) is 0 Å². The van der Waals surface area contributed by atoms with Crippen molar-refractivity contribution in [1.82, 2.24) is 0 Å². The largest absolute Gasteiger partial charge is 0.497 e. The molecule has 0 aliphatic heterocycles. The molecule has 0 spiro atoms. The number of hydrogen-bond acceptors (Lipinski definition) is 1. The molecule has 0 saturated heterocycles. The van der Waals surface area contributed by atoms with Gasteiger partial charge in [0.05, 0.1) is 14.3 Å². The lowest BCUT2D eigenvalue weighted by molar-refractivity contribution is 0.378. The summed E-state index contributed by atoms with van der Waals surface area (Å²) in [7, 11) is -2.32. The predicted molar refractivity (Wildman–Crippen MR) is 154 cm³/mol. The maximum absolute atomic E-state index is 5.71. The van der Waals surface area contributed by atoms with Crippen molar-refractivity contribution in [1.29, 1.82) is 0 Å². The Balaban J connectivity index is 0. The van der Waals surface area contributed by atoms with Crippen LogP contribution in [-0.4, -0.2) is 30.5 Å². The Hall–Kier alpha value is -1.11. The van der Waals surface area contributed by atoms with Crippen molar-refractivity contribution in [3.63, 3.8) is 0 Å². The number of hydrogen-bond donors (Lipinski definition) is 0. The lowest BCUT2D eigenvalue weighted by Crippen LogP contribution is -2.29. The topological polar surface area (TPSA) is 9.23 Å². The minimum Gasteiger partial charge on any atom is -0.497 e. The summed E-state index contributed by atoms with van der Waals surface area (Å²) in [4.78, 5) is 0. The minimum atomic E-state index is -1.08. The van der Waals surface area contributed by atoms with E-state index in [0.29, 0.717) is 0 Å². The molecule has 0 aromatic heterocycles. The Bertz CT molecular complexity index is 672. The van der Waals surface area contributed by atoms with E-state index in [1.165, 1.54) is 17.2 Å². The number of ether oxygens (including phenoxy) is 1. The highest BCUT2D eigenvalue weighted by Gasteiger charge is 2.13. The van der Waals surface area contributed by atoms with Crippen LogP contribution in [-0.2, 0) is 0 Å². The molecule has 0 fully saturated rings. The second kappa shape index (κ2) is 15.7. The third-order valence-corrected chi connectivity index (χ3v) is 6.79. The van der Waals surface area contributed by atoms with Crippen molar-refractivity contribution in [2.24, 2.45) is 0 Å². The van der Waals surface area contributed by atoms with Gasteiger partial charge >= 0.3 is 0 Å². The van der Waals surface area contributed by atoms with E-state index in [1.54, 1.807) is 0 Å². The average Bonchev–Trinajstić information content (AvgIpc) is 2.59. The molecular weight excluding hydrogens is 425 g/mol. The minimum absolute atomic E-state index is 0.611. The molecule has 0 unspecified atom stereocenters. The van der Waals surface area contributed by atoms with Crippen LogP contribution in [0.3, 0.4) is 0 Å². The van der Waals surface area contributed by atoms with Crippen molar-refractivity contribution >= 4 is 24.2 Å². The molecule has 0 heterocycles. The van der Waals surface area contributed by atoms with E-state index in [4.69, 9.17) is 4.74 Å². The first-order chi connectivity index (χ1) is 13.9. The summed E-state index contributed by atoms with van der Waals surface area (Å²) in [6.07, 6.45) is 0.899. The Morgan fingerprint density at radius 3 is 1.32 bits per heavy atom. The molecule has 0 N–H and O–H groups in total. The van der Waals surface area contributed by atoms with Crippen LogP contribution in [0, 0.1) is 13.8 Å². The first-order valence-electron chi connectivity index (χ1n) is 11.6. The van der Waals surface area contributed by atoms with Crippen LogP contribution in [0.1, 0.15) is 18.1 Å². The SMILES string of the molecule is CC[Si](C)(C)C.C[Si](C)(C)C.Cc1cccc(OC[Si](C)(C)C)c1.Cc1ccccc1. The second-order valence-corrected chi connectivity index (χ2v) is 29.5. The first-order valence-corrected chi connectivity index (χ1v) is 23.1. The van der Waals surface area contributed by atoms with Crippen LogP contribution in [0.5, 0.6) is 5.75 Å². The van der Waals surface area contributed by atoms with Gasteiger partial charge in [-0.2, -0.15) is 0 Å². The molecule has 31 heavy (non-hydrogen) atoms. The maximum atomic E-state index is 5.71. The third-order valence-electron chi connectivity index (χ3n) is 3.66. The van der Waals surface area contributed by atoms with Gasteiger partial charge in [-0.1, -0.05) is 126 Å². The van der Waals surface area contributed by atoms with Gasteiger partial charge in [0.1, 0.15) is 5.75 Å². The summed E-state index contributed by atoms with van der Waals surface area (Å²) < 4.78 is 5.71. The number of aryl methyl sites for hydroxylation is 2. The third kappa shape index (κ3) is 31.2. The smallest absolute Gasteiger partial charge is 0.119 e. The van der Waals surface area contributed by atoms with Gasteiger partial charge in [-0.15, -0.1) is 0 Å². The average molecular weight is 477 g/mol. The summed E-state index contributed by atoms with van der Waals surface area (Å²) in [6.45, 7) is 29.8. The molecule has 178 valence electrons. The Morgan fingerprint density at radius 1 is 0.613 bits per heavy atom. The quantitative estimate of drug-likeness (QED) is 0.399. The summed E-state index contributed by atoms with van der Waals surface area (Å²) in [6, 6.07) is 19.9. The van der Waals surface area contributed by atoms with Gasteiger partial charge in [-0.25, -0.2) is 0 Å². The maximum Gasteiger partial charge on any atom is 0.119 e. The number of benzene rings is 2. The molecular formula is C27H52OSi3. The van der Waals surface area contributed by atoms with Crippen LogP contribution < -0.4 is 4.74 Å². The molecule has 0 atom stereocenters. The van der Waals surface area contributed by atoms with Crippen molar-refractivity contribution in [2.75, 3.05) is 6.23 Å². The van der Waals surface area contributed by atoms with E-state index < -0.39 is 24.2 Å². The molecule has 0 aliphatic rings. The van der Waals surface area contributed by atoms with Crippen LogP contribution in [0.2, 0.25) is 71.5 Å². The van der Waals surface area contributed by atoms with E-state index in [2.05, 4.69) is 111 Å². The Morgan fingerprint density at radius 2 is 1.03 bits per heavy atom. The summed E-state index contributed by atoms with van der Waals surface area (Å²) in [5.41, 5.74) is 2.58. The van der Waals surface area contributed by atoms with Crippen molar-refractivity contribution in [2.45, 2.75) is 92.3 Å². The number of rotatable bonds is 4. The van der Waals surface area contributed by atoms with Gasteiger partial charge in [0, 0.05) is 16.1 Å². The fourth-order valence-electron chi connectivity index (χ4n) is 1.54. The molecule has 0 radical (unpaired) electrons. The van der Waals surface area contributed by atoms with Gasteiger partial charge in [0.25, 0.3) is 0 Å². The summed E-state index contributed by atoms with van der Waals surface area (Å²) >= 11 is 0. The van der Waals surface area contributed by atoms with Gasteiger partial charge < -0.3 is 4.74 Å². The molecule has 1 nitrogen and oxygen atoms in total. The zero-order valence-corrected chi connectivity index (χ0v) is 26.0. The van der Waals surface area contributed by atoms with Gasteiger partial charge in [0.15, 0.2) is 0 Å². The first kappa shape index (κ1) is 32.1. The highest BCUT2D eigenvalue weighted by atomic mass is 28.3. The van der Waals surface area contributed by atoms with Crippen LogP contribution in [0.25, 0.3) is 0 Å². The molecule has 2 aromatic carbocycles. The molecule has 0 bridgehead atoms. The Kier molecular flexibility index (Phi) is 16.2. The van der Waals surface area contributed by atoms with Gasteiger partial charge in [-0.05, 0) is 31.5 Å². The highest BCUT2D eigenvalue weighted by Crippen LogP contribution is 2.14. The zero-order valence-electron chi connectivity index (χ0n) is 23.0. The van der Waals surface area contributed by atoms with Crippen molar-refractivity contribution < 1.29 is 4.74 Å². The normalized spacial score (nSPS) is 11.0. The summed E-state index contributed by atoms with van der Waals surface area (Å²) in [5.74, 6) is 1.00. The fourth-order valence-corrected chi connectivity index (χ4v) is 2.14. The zero-order chi connectivity index (χ0) is 24.7. The summed E-state index contributed by atoms with van der Waals surface area (Å²) in [5, 5.41) is 0. The molecule has 2 aromatic rings. The van der Waals surface area contributed by atoms with E-state index in [1.807, 2.05) is 30.3 Å². The van der Waals surface area contributed by atoms with Crippen LogP contribution in [0.4, 0.5) is 0 Å². The molecule has 4 heteroatoms. The molecule has 2 rings (SSSR count). The second-order valence-electron chi connectivity index (χ2n) is 12.2. The molecule has 0 saturated carbocycles. The molecule has 0 aliphatic carbocycles. The van der Waals surface area contributed by atoms with E-state index in [-0.39, 0.29) is 0 Å². The highest BCUT2D eigenvalue weighted by molar-refractivity contribution is 6.76. The molecule has 0 amide bonds. The Labute approximate surface area is 198 Å². The monoisotopic (exact) mass is 476 g/mol. The standard InChI is InChI=1S/C11H18OSi.C7H8.C5H14Si.C4H12Si/c1-10-6-5-7-11(8-10)12-9-13(2,3)4;1-7-5-3-2-4-6-7;1-5-6(2,3)4;1-5(2,3)4/h5-8H,9H2,1-4H3;2-6H,1H3;5H2,1-4H3;1-4H3. The van der Waals surface area contributed by atoms with E-state index in [9.17, 15) is 0 Å². The van der Waals surface area contributed by atoms with Crippen molar-refractivity contribution in [3.05, 3.63) is 65.7 Å². The lowest BCUT2D eigenvalue weighted by Gasteiger charge is -2.16. The van der Waals surface area contributed by atoms with Crippen LogP contribution >= 0.6 is 0 Å². The van der Waals surface area contributed by atoms with E-state index in [0.717, 1.165) is 12.0 Å². The fraction of sp³-hybridized carbons (Fsp3) is 0.556. The van der Waals surface area contributed by atoms with E-state index >= 15 is 0 Å².